The van der Waals surface area contributed by atoms with Crippen LogP contribution in [0, 0.1) is 5.92 Å². The van der Waals surface area contributed by atoms with Gasteiger partial charge < -0.3 is 10.1 Å². The highest BCUT2D eigenvalue weighted by molar-refractivity contribution is 5.22. The molecule has 2 atom stereocenters. The Kier molecular flexibility index (Phi) is 3.21. The highest BCUT2D eigenvalue weighted by Gasteiger charge is 2.26. The molecule has 1 saturated heterocycles. The summed E-state index contributed by atoms with van der Waals surface area (Å²) >= 11 is 0. The molecule has 1 aliphatic heterocycles. The summed E-state index contributed by atoms with van der Waals surface area (Å²) in [6.45, 7) is 3.37. The van der Waals surface area contributed by atoms with E-state index in [1.54, 1.807) is 7.11 Å². The van der Waals surface area contributed by atoms with E-state index < -0.39 is 0 Å². The van der Waals surface area contributed by atoms with Gasteiger partial charge in [-0.05, 0) is 24.4 Å². The Morgan fingerprint density at radius 1 is 1.53 bits per heavy atom. The summed E-state index contributed by atoms with van der Waals surface area (Å²) in [6.07, 6.45) is 4.42. The Labute approximate surface area is 90.9 Å². The summed E-state index contributed by atoms with van der Waals surface area (Å²) in [6, 6.07) is 4.52. The number of pyridine rings is 1. The van der Waals surface area contributed by atoms with Gasteiger partial charge >= 0.3 is 0 Å². The number of nitrogens with zero attached hydrogens (tertiary/aromatic N) is 1. The third-order valence-electron chi connectivity index (χ3n) is 3.20. The topological polar surface area (TPSA) is 34.1 Å². The zero-order chi connectivity index (χ0) is 10.7. The van der Waals surface area contributed by atoms with E-state index in [1.165, 1.54) is 18.4 Å². The second kappa shape index (κ2) is 4.62. The number of methoxy groups -OCH3 is 1. The van der Waals surface area contributed by atoms with Crippen LogP contribution in [0.4, 0.5) is 0 Å². The Balaban J connectivity index is 2.14. The van der Waals surface area contributed by atoms with E-state index in [0.717, 1.165) is 12.5 Å². The van der Waals surface area contributed by atoms with E-state index in [-0.39, 0.29) is 0 Å². The van der Waals surface area contributed by atoms with Gasteiger partial charge in [-0.25, -0.2) is 4.98 Å². The van der Waals surface area contributed by atoms with Crippen molar-refractivity contribution in [2.75, 3.05) is 13.7 Å². The van der Waals surface area contributed by atoms with Crippen LogP contribution in [0.25, 0.3) is 0 Å². The van der Waals surface area contributed by atoms with Crippen molar-refractivity contribution >= 4 is 0 Å². The van der Waals surface area contributed by atoms with Crippen LogP contribution in [0.1, 0.15) is 31.4 Å². The average molecular weight is 206 g/mol. The van der Waals surface area contributed by atoms with Crippen LogP contribution in [0.2, 0.25) is 0 Å². The summed E-state index contributed by atoms with van der Waals surface area (Å²) in [5.41, 5.74) is 1.28. The van der Waals surface area contributed by atoms with Gasteiger partial charge in [-0.3, -0.25) is 0 Å². The second-order valence-electron chi connectivity index (χ2n) is 4.02. The molecule has 15 heavy (non-hydrogen) atoms. The number of hydrogen-bond acceptors (Lipinski definition) is 3. The minimum atomic E-state index is 0.480. The molecule has 0 radical (unpaired) electrons. The van der Waals surface area contributed by atoms with Crippen LogP contribution in [0.15, 0.2) is 18.3 Å². The summed E-state index contributed by atoms with van der Waals surface area (Å²) in [5.74, 6) is 1.44. The van der Waals surface area contributed by atoms with Gasteiger partial charge in [0.15, 0.2) is 0 Å². The molecule has 0 saturated carbocycles. The van der Waals surface area contributed by atoms with Gasteiger partial charge in [0, 0.05) is 18.3 Å². The van der Waals surface area contributed by atoms with Crippen LogP contribution < -0.4 is 10.1 Å². The number of nitrogens with one attached hydrogen (secondary N) is 1. The number of rotatable bonds is 3. The molecule has 2 unspecified atom stereocenters. The van der Waals surface area contributed by atoms with Crippen LogP contribution in [-0.4, -0.2) is 18.6 Å². The molecule has 2 heterocycles. The van der Waals surface area contributed by atoms with Crippen molar-refractivity contribution in [1.29, 1.82) is 0 Å². The number of ether oxygens (including phenoxy) is 1. The zero-order valence-corrected chi connectivity index (χ0v) is 9.36. The van der Waals surface area contributed by atoms with Gasteiger partial charge in [0.2, 0.25) is 5.88 Å². The van der Waals surface area contributed by atoms with Crippen molar-refractivity contribution < 1.29 is 4.74 Å². The van der Waals surface area contributed by atoms with Crippen molar-refractivity contribution in [3.05, 3.63) is 23.9 Å². The number of hydrogen-bond donors (Lipinski definition) is 1. The van der Waals surface area contributed by atoms with Gasteiger partial charge in [-0.1, -0.05) is 19.4 Å². The maximum Gasteiger partial charge on any atom is 0.212 e. The average Bonchev–Trinajstić information content (AvgIpc) is 2.77. The van der Waals surface area contributed by atoms with Crippen molar-refractivity contribution in [3.63, 3.8) is 0 Å². The van der Waals surface area contributed by atoms with E-state index in [4.69, 9.17) is 4.74 Å². The Morgan fingerprint density at radius 3 is 3.00 bits per heavy atom. The quantitative estimate of drug-likeness (QED) is 0.822. The van der Waals surface area contributed by atoms with Crippen LogP contribution in [0.3, 0.4) is 0 Å². The lowest BCUT2D eigenvalue weighted by Crippen LogP contribution is -2.17. The summed E-state index contributed by atoms with van der Waals surface area (Å²) in [5, 5.41) is 3.53. The zero-order valence-electron chi connectivity index (χ0n) is 9.36. The summed E-state index contributed by atoms with van der Waals surface area (Å²) in [4.78, 5) is 4.25. The highest BCUT2D eigenvalue weighted by atomic mass is 16.5. The molecule has 0 amide bonds. The van der Waals surface area contributed by atoms with E-state index in [1.807, 2.05) is 12.3 Å². The van der Waals surface area contributed by atoms with Gasteiger partial charge in [-0.2, -0.15) is 0 Å². The predicted octanol–water partition coefficient (Wildman–Crippen LogP) is 2.15. The molecule has 3 heteroatoms. The fourth-order valence-corrected chi connectivity index (χ4v) is 2.28. The van der Waals surface area contributed by atoms with E-state index in [2.05, 4.69) is 23.3 Å². The van der Waals surface area contributed by atoms with Crippen molar-refractivity contribution in [3.8, 4) is 5.88 Å². The third-order valence-corrected chi connectivity index (χ3v) is 3.20. The Hall–Kier alpha value is -1.09. The van der Waals surface area contributed by atoms with Gasteiger partial charge in [0.1, 0.15) is 0 Å². The largest absolute Gasteiger partial charge is 0.481 e. The molecule has 2 rings (SSSR count). The Morgan fingerprint density at radius 2 is 2.40 bits per heavy atom. The minimum absolute atomic E-state index is 0.480. The molecule has 1 aliphatic rings. The third kappa shape index (κ3) is 2.12. The molecule has 82 valence electrons. The maximum absolute atomic E-state index is 5.05. The first kappa shape index (κ1) is 10.4. The molecule has 0 bridgehead atoms. The van der Waals surface area contributed by atoms with Gasteiger partial charge in [0.05, 0.1) is 7.11 Å². The highest BCUT2D eigenvalue weighted by Crippen LogP contribution is 2.31. The molecule has 0 aromatic carbocycles. The fraction of sp³-hybridized carbons (Fsp3) is 0.583. The minimum Gasteiger partial charge on any atom is -0.481 e. The summed E-state index contributed by atoms with van der Waals surface area (Å²) in [7, 11) is 1.64. The predicted molar refractivity (Wildman–Crippen MR) is 59.9 cm³/mol. The van der Waals surface area contributed by atoms with Crippen LogP contribution in [-0.2, 0) is 0 Å². The van der Waals surface area contributed by atoms with Gasteiger partial charge in [0.25, 0.3) is 0 Å². The summed E-state index contributed by atoms with van der Waals surface area (Å²) < 4.78 is 5.05. The van der Waals surface area contributed by atoms with E-state index >= 15 is 0 Å². The molecular weight excluding hydrogens is 188 g/mol. The van der Waals surface area contributed by atoms with Crippen molar-refractivity contribution in [1.82, 2.24) is 10.3 Å². The van der Waals surface area contributed by atoms with Gasteiger partial charge in [-0.15, -0.1) is 0 Å². The standard InChI is InChI=1S/C12H18N2O/c1-3-9-6-7-13-12(9)10-4-5-11(15-2)14-8-10/h4-5,8-9,12-13H,3,6-7H2,1-2H3. The fourth-order valence-electron chi connectivity index (χ4n) is 2.28. The normalized spacial score (nSPS) is 25.5. The molecule has 0 aliphatic carbocycles. The second-order valence-corrected chi connectivity index (χ2v) is 4.02. The molecule has 0 spiro atoms. The number of aromatic nitrogens is 1. The van der Waals surface area contributed by atoms with E-state index in [9.17, 15) is 0 Å². The smallest absolute Gasteiger partial charge is 0.212 e. The molecule has 3 nitrogen and oxygen atoms in total. The molecule has 1 aromatic rings. The molecule has 1 N–H and O–H groups in total. The molecular formula is C12H18N2O. The molecule has 1 fully saturated rings. The molecule has 1 aromatic heterocycles. The maximum atomic E-state index is 5.05. The van der Waals surface area contributed by atoms with E-state index in [0.29, 0.717) is 11.9 Å². The first-order chi connectivity index (χ1) is 7.35. The van der Waals surface area contributed by atoms with Crippen LogP contribution in [0.5, 0.6) is 5.88 Å². The monoisotopic (exact) mass is 206 g/mol. The van der Waals surface area contributed by atoms with Crippen molar-refractivity contribution in [2.24, 2.45) is 5.92 Å². The lowest BCUT2D eigenvalue weighted by atomic mass is 9.93. The van der Waals surface area contributed by atoms with Crippen LogP contribution >= 0.6 is 0 Å². The lowest BCUT2D eigenvalue weighted by Gasteiger charge is -2.18. The van der Waals surface area contributed by atoms with Crippen molar-refractivity contribution in [2.45, 2.75) is 25.8 Å². The first-order valence-electron chi connectivity index (χ1n) is 5.58. The first-order valence-corrected chi connectivity index (χ1v) is 5.58. The SMILES string of the molecule is CCC1CCNC1c1ccc(OC)nc1. The Bertz CT molecular complexity index is 310. The lowest BCUT2D eigenvalue weighted by molar-refractivity contribution is 0.395.